The van der Waals surface area contributed by atoms with Gasteiger partial charge in [0.15, 0.2) is 0 Å². The standard InChI is InChI=1S/C22H28N2OS/c1-2-4-16-6-8-17(9-7-16)20(19-5-3-14-26-19)24-21(25)18-15-22(18)10-12-23-13-11-22/h3,5-9,14,18,20,23H,2,4,10-13,15H2,1H3,(H,24,25). The van der Waals surface area contributed by atoms with Crippen LogP contribution in [0.4, 0.5) is 0 Å². The first-order valence-corrected chi connectivity index (χ1v) is 10.7. The molecule has 2 N–H and O–H groups in total. The highest BCUT2D eigenvalue weighted by molar-refractivity contribution is 7.10. The predicted octanol–water partition coefficient (Wildman–Crippen LogP) is 4.30. The van der Waals surface area contributed by atoms with E-state index in [-0.39, 0.29) is 23.3 Å². The molecule has 2 aromatic rings. The number of carbonyl (C=O) groups excluding carboxylic acids is 1. The van der Waals surface area contributed by atoms with Crippen molar-refractivity contribution in [3.05, 3.63) is 57.8 Å². The molecule has 1 aromatic heterocycles. The fourth-order valence-corrected chi connectivity index (χ4v) is 5.18. The van der Waals surface area contributed by atoms with Crippen molar-refractivity contribution in [2.24, 2.45) is 11.3 Å². The van der Waals surface area contributed by atoms with Crippen LogP contribution in [0.25, 0.3) is 0 Å². The van der Waals surface area contributed by atoms with Crippen LogP contribution in [-0.4, -0.2) is 19.0 Å². The van der Waals surface area contributed by atoms with Gasteiger partial charge in [-0.2, -0.15) is 0 Å². The predicted molar refractivity (Wildman–Crippen MR) is 107 cm³/mol. The molecule has 3 nitrogen and oxygen atoms in total. The van der Waals surface area contributed by atoms with Gasteiger partial charge in [0, 0.05) is 10.8 Å². The number of rotatable bonds is 6. The summed E-state index contributed by atoms with van der Waals surface area (Å²) >= 11 is 1.72. The molecule has 1 amide bonds. The molecule has 2 atom stereocenters. The molecule has 26 heavy (non-hydrogen) atoms. The maximum absolute atomic E-state index is 13.0. The van der Waals surface area contributed by atoms with Gasteiger partial charge in [-0.05, 0) is 66.8 Å². The van der Waals surface area contributed by atoms with Gasteiger partial charge in [-0.1, -0.05) is 43.7 Å². The van der Waals surface area contributed by atoms with Crippen molar-refractivity contribution >= 4 is 17.2 Å². The zero-order valence-corrected chi connectivity index (χ0v) is 16.3. The van der Waals surface area contributed by atoms with Gasteiger partial charge < -0.3 is 10.6 Å². The lowest BCUT2D eigenvalue weighted by molar-refractivity contribution is -0.123. The molecule has 1 saturated carbocycles. The van der Waals surface area contributed by atoms with E-state index >= 15 is 0 Å². The van der Waals surface area contributed by atoms with Crippen LogP contribution in [0.15, 0.2) is 41.8 Å². The quantitative estimate of drug-likeness (QED) is 0.798. The molecule has 2 aliphatic rings. The number of nitrogens with one attached hydrogen (secondary N) is 2. The van der Waals surface area contributed by atoms with Crippen LogP contribution in [0.2, 0.25) is 0 Å². The molecule has 2 unspecified atom stereocenters. The van der Waals surface area contributed by atoms with E-state index in [4.69, 9.17) is 0 Å². The third-order valence-corrected chi connectivity index (χ3v) is 7.01. The first kappa shape index (κ1) is 17.7. The lowest BCUT2D eigenvalue weighted by Crippen LogP contribution is -2.35. The lowest BCUT2D eigenvalue weighted by atomic mass is 9.91. The molecule has 0 radical (unpaired) electrons. The molecule has 1 aromatic carbocycles. The SMILES string of the molecule is CCCc1ccc(C(NC(=O)C2CC23CCNCC3)c2cccs2)cc1. The summed E-state index contributed by atoms with van der Waals surface area (Å²) in [6.07, 6.45) is 5.60. The highest BCUT2D eigenvalue weighted by Gasteiger charge is 2.57. The van der Waals surface area contributed by atoms with Crippen molar-refractivity contribution in [1.29, 1.82) is 0 Å². The second-order valence-corrected chi connectivity index (χ2v) is 8.80. The van der Waals surface area contributed by atoms with Gasteiger partial charge in [-0.25, -0.2) is 0 Å². The van der Waals surface area contributed by atoms with E-state index < -0.39 is 0 Å². The van der Waals surface area contributed by atoms with E-state index in [0.29, 0.717) is 0 Å². The van der Waals surface area contributed by atoms with Crippen molar-refractivity contribution in [3.8, 4) is 0 Å². The smallest absolute Gasteiger partial charge is 0.224 e. The molecule has 2 heterocycles. The highest BCUT2D eigenvalue weighted by atomic mass is 32.1. The van der Waals surface area contributed by atoms with Crippen LogP contribution in [0, 0.1) is 11.3 Å². The fraction of sp³-hybridized carbons (Fsp3) is 0.500. The van der Waals surface area contributed by atoms with E-state index in [2.05, 4.69) is 59.3 Å². The molecule has 4 rings (SSSR count). The van der Waals surface area contributed by atoms with E-state index in [0.717, 1.165) is 45.2 Å². The minimum Gasteiger partial charge on any atom is -0.344 e. The summed E-state index contributed by atoms with van der Waals surface area (Å²) in [5, 5.41) is 8.87. The van der Waals surface area contributed by atoms with E-state index in [1.54, 1.807) is 11.3 Å². The fourth-order valence-electron chi connectivity index (χ4n) is 4.38. The monoisotopic (exact) mass is 368 g/mol. The molecule has 1 aliphatic heterocycles. The average Bonchev–Trinajstić information content (AvgIpc) is 3.09. The summed E-state index contributed by atoms with van der Waals surface area (Å²) in [5.74, 6) is 0.439. The largest absolute Gasteiger partial charge is 0.344 e. The van der Waals surface area contributed by atoms with Crippen LogP contribution in [0.5, 0.6) is 0 Å². The highest BCUT2D eigenvalue weighted by Crippen LogP contribution is 2.58. The van der Waals surface area contributed by atoms with Crippen LogP contribution in [-0.2, 0) is 11.2 Å². The number of carbonyl (C=O) groups is 1. The average molecular weight is 369 g/mol. The second-order valence-electron chi connectivity index (χ2n) is 7.82. The van der Waals surface area contributed by atoms with Gasteiger partial charge >= 0.3 is 0 Å². The van der Waals surface area contributed by atoms with Crippen molar-refractivity contribution in [1.82, 2.24) is 10.6 Å². The Labute approximate surface area is 160 Å². The normalized spacial score (nSPS) is 22.1. The molecule has 2 fully saturated rings. The topological polar surface area (TPSA) is 41.1 Å². The Balaban J connectivity index is 1.50. The molecule has 1 aliphatic carbocycles. The Morgan fingerprint density at radius 3 is 2.69 bits per heavy atom. The number of benzene rings is 1. The Bertz CT molecular complexity index is 732. The first-order valence-electron chi connectivity index (χ1n) is 9.85. The lowest BCUT2D eigenvalue weighted by Gasteiger charge is -2.24. The molecule has 0 bridgehead atoms. The molecular weight excluding hydrogens is 340 g/mol. The zero-order valence-electron chi connectivity index (χ0n) is 15.5. The van der Waals surface area contributed by atoms with Crippen LogP contribution >= 0.6 is 11.3 Å². The molecule has 1 spiro atoms. The number of aryl methyl sites for hydroxylation is 1. The summed E-state index contributed by atoms with van der Waals surface area (Å²) in [4.78, 5) is 14.2. The summed E-state index contributed by atoms with van der Waals surface area (Å²) in [6.45, 7) is 4.31. The second kappa shape index (κ2) is 7.53. The summed E-state index contributed by atoms with van der Waals surface area (Å²) in [6, 6.07) is 12.9. The van der Waals surface area contributed by atoms with E-state index in [1.165, 1.54) is 16.0 Å². The van der Waals surface area contributed by atoms with Gasteiger partial charge in [-0.15, -0.1) is 11.3 Å². The van der Waals surface area contributed by atoms with Crippen molar-refractivity contribution < 1.29 is 4.79 Å². The Hall–Kier alpha value is -1.65. The van der Waals surface area contributed by atoms with Gasteiger partial charge in [-0.3, -0.25) is 4.79 Å². The summed E-state index contributed by atoms with van der Waals surface area (Å²) < 4.78 is 0. The summed E-state index contributed by atoms with van der Waals surface area (Å²) in [7, 11) is 0. The summed E-state index contributed by atoms with van der Waals surface area (Å²) in [5.41, 5.74) is 2.82. The van der Waals surface area contributed by atoms with Crippen LogP contribution in [0.1, 0.15) is 54.7 Å². The van der Waals surface area contributed by atoms with Crippen LogP contribution < -0.4 is 10.6 Å². The molecule has 138 valence electrons. The van der Waals surface area contributed by atoms with Crippen molar-refractivity contribution in [2.45, 2.75) is 45.1 Å². The van der Waals surface area contributed by atoms with Gasteiger partial charge in [0.2, 0.25) is 5.91 Å². The minimum absolute atomic E-state index is 0.0301. The maximum atomic E-state index is 13.0. The number of hydrogen-bond donors (Lipinski definition) is 2. The third-order valence-electron chi connectivity index (χ3n) is 6.07. The van der Waals surface area contributed by atoms with Gasteiger partial charge in [0.25, 0.3) is 0 Å². The third kappa shape index (κ3) is 3.58. The molecule has 4 heteroatoms. The van der Waals surface area contributed by atoms with Gasteiger partial charge in [0.05, 0.1) is 6.04 Å². The molecular formula is C22H28N2OS. The Kier molecular flexibility index (Phi) is 5.14. The van der Waals surface area contributed by atoms with Crippen LogP contribution in [0.3, 0.4) is 0 Å². The maximum Gasteiger partial charge on any atom is 0.224 e. The Morgan fingerprint density at radius 2 is 2.04 bits per heavy atom. The van der Waals surface area contributed by atoms with E-state index in [1.807, 2.05) is 0 Å². The van der Waals surface area contributed by atoms with Gasteiger partial charge in [0.1, 0.15) is 0 Å². The minimum atomic E-state index is -0.0301. The molecule has 1 saturated heterocycles. The number of piperidine rings is 1. The van der Waals surface area contributed by atoms with Crippen molar-refractivity contribution in [2.75, 3.05) is 13.1 Å². The number of hydrogen-bond acceptors (Lipinski definition) is 3. The van der Waals surface area contributed by atoms with E-state index in [9.17, 15) is 4.79 Å². The number of thiophene rings is 1. The first-order chi connectivity index (χ1) is 12.7. The Morgan fingerprint density at radius 1 is 1.27 bits per heavy atom. The van der Waals surface area contributed by atoms with Crippen molar-refractivity contribution in [3.63, 3.8) is 0 Å². The zero-order chi connectivity index (χ0) is 18.0. The number of amides is 1.